The summed E-state index contributed by atoms with van der Waals surface area (Å²) in [7, 11) is 4.70. The van der Waals surface area contributed by atoms with Crippen LogP contribution in [0.25, 0.3) is 0 Å². The Kier molecular flexibility index (Phi) is 13.4. The summed E-state index contributed by atoms with van der Waals surface area (Å²) in [6, 6.07) is -2.04. The fourth-order valence-electron chi connectivity index (χ4n) is 8.12. The predicted molar refractivity (Wildman–Crippen MR) is 171 cm³/mol. The number of carbonyl (C=O) groups is 5. The van der Waals surface area contributed by atoms with Gasteiger partial charge >= 0.3 is 5.97 Å². The summed E-state index contributed by atoms with van der Waals surface area (Å²) in [6.07, 6.45) is 3.47. The standard InChI is InChI=1S/C33H57N5O8/c1-9-19(4)28(24(45-7)16-26(40)37-14-10-11-23(37)30(46-8)20(5)33(43)44)36(6)32(42)27(18(2)3)35-31(41)29-21-12-13-22(15-21)38(29)17-25(34)39/h18-24,27-30H,9-17H2,1-8H3,(H2,34,39)(H,35,41)(H,43,44)/t19-,20+,21-,22+,23?,24+,27?,28-,29-,30+/m0/s1. The molecule has 3 fully saturated rings. The van der Waals surface area contributed by atoms with Crippen molar-refractivity contribution in [1.29, 1.82) is 0 Å². The normalized spacial score (nSPS) is 26.8. The van der Waals surface area contributed by atoms with E-state index in [4.69, 9.17) is 15.2 Å². The summed E-state index contributed by atoms with van der Waals surface area (Å²) in [5.74, 6) is -3.12. The monoisotopic (exact) mass is 651 g/mol. The SMILES string of the molecule is CC[C@H](C)[C@@H]([C@@H](CC(=O)N1CCCC1[C@H](OC)[C@@H](C)C(=O)O)OC)N(C)C(=O)C(NC(=O)[C@@H]1[C@H]2CC[C@H](C2)N1CC(N)=O)C(C)C. The van der Waals surface area contributed by atoms with Crippen LogP contribution in [0.4, 0.5) is 0 Å². The van der Waals surface area contributed by atoms with Crippen molar-refractivity contribution in [3.63, 3.8) is 0 Å². The Morgan fingerprint density at radius 1 is 1.04 bits per heavy atom. The average molecular weight is 652 g/mol. The molecule has 0 spiro atoms. The van der Waals surface area contributed by atoms with Gasteiger partial charge in [-0.1, -0.05) is 34.1 Å². The minimum absolute atomic E-state index is 0.00341. The van der Waals surface area contributed by atoms with E-state index < -0.39 is 48.1 Å². The van der Waals surface area contributed by atoms with Gasteiger partial charge in [-0.2, -0.15) is 0 Å². The van der Waals surface area contributed by atoms with Gasteiger partial charge in [-0.05, 0) is 56.8 Å². The highest BCUT2D eigenvalue weighted by atomic mass is 16.5. The van der Waals surface area contributed by atoms with Gasteiger partial charge in [0.25, 0.3) is 0 Å². The highest BCUT2D eigenvalue weighted by Crippen LogP contribution is 2.42. The van der Waals surface area contributed by atoms with Crippen LogP contribution in [0.1, 0.15) is 79.6 Å². The summed E-state index contributed by atoms with van der Waals surface area (Å²) in [4.78, 5) is 70.5. The molecule has 2 bridgehead atoms. The molecule has 4 N–H and O–H groups in total. The van der Waals surface area contributed by atoms with Crippen LogP contribution in [0.5, 0.6) is 0 Å². The van der Waals surface area contributed by atoms with E-state index in [1.165, 1.54) is 14.2 Å². The van der Waals surface area contributed by atoms with Crippen molar-refractivity contribution < 1.29 is 38.6 Å². The third-order valence-electron chi connectivity index (χ3n) is 10.8. The van der Waals surface area contributed by atoms with Gasteiger partial charge in [0.05, 0.1) is 49.2 Å². The van der Waals surface area contributed by atoms with Crippen molar-refractivity contribution in [2.45, 2.75) is 122 Å². The number of methoxy groups -OCH3 is 2. The Morgan fingerprint density at radius 2 is 1.72 bits per heavy atom. The van der Waals surface area contributed by atoms with Gasteiger partial charge in [0.2, 0.25) is 23.6 Å². The van der Waals surface area contributed by atoms with Crippen LogP contribution >= 0.6 is 0 Å². The second-order valence-electron chi connectivity index (χ2n) is 14.0. The zero-order valence-electron chi connectivity index (χ0n) is 28.9. The number of rotatable bonds is 17. The molecule has 13 heteroatoms. The third-order valence-corrected chi connectivity index (χ3v) is 10.8. The third kappa shape index (κ3) is 8.20. The lowest BCUT2D eigenvalue weighted by Gasteiger charge is -2.41. The van der Waals surface area contributed by atoms with Gasteiger partial charge < -0.3 is 35.4 Å². The van der Waals surface area contributed by atoms with Crippen LogP contribution in [-0.4, -0.2) is 126 Å². The first-order valence-corrected chi connectivity index (χ1v) is 16.9. The van der Waals surface area contributed by atoms with E-state index in [1.807, 2.05) is 32.6 Å². The van der Waals surface area contributed by atoms with Gasteiger partial charge in [0, 0.05) is 33.9 Å². The Bertz CT molecular complexity index is 1100. The number of likely N-dealkylation sites (N-methyl/N-ethyl adjacent to an activating group) is 1. The first kappa shape index (κ1) is 37.7. The molecule has 4 amide bonds. The van der Waals surface area contributed by atoms with Gasteiger partial charge in [-0.15, -0.1) is 0 Å². The number of primary amides is 1. The number of aliphatic carboxylic acids is 1. The number of piperidine rings is 1. The lowest BCUT2D eigenvalue weighted by atomic mass is 9.89. The van der Waals surface area contributed by atoms with E-state index >= 15 is 0 Å². The van der Waals surface area contributed by atoms with E-state index in [0.29, 0.717) is 13.0 Å². The summed E-state index contributed by atoms with van der Waals surface area (Å²) in [5, 5.41) is 12.6. The number of likely N-dealkylation sites (tertiary alicyclic amines) is 2. The van der Waals surface area contributed by atoms with Crippen LogP contribution in [-0.2, 0) is 33.4 Å². The van der Waals surface area contributed by atoms with Gasteiger partial charge in [0.15, 0.2) is 0 Å². The van der Waals surface area contributed by atoms with Crippen LogP contribution in [0, 0.1) is 23.7 Å². The molecule has 2 heterocycles. The van der Waals surface area contributed by atoms with Crippen molar-refractivity contribution in [2.24, 2.45) is 29.4 Å². The maximum absolute atomic E-state index is 14.2. The number of fused-ring (bicyclic) bond motifs is 2. The Hall–Kier alpha value is -2.77. The minimum Gasteiger partial charge on any atom is -0.481 e. The molecule has 13 nitrogen and oxygen atoms in total. The van der Waals surface area contributed by atoms with Crippen molar-refractivity contribution in [3.8, 4) is 0 Å². The summed E-state index contributed by atoms with van der Waals surface area (Å²) >= 11 is 0. The lowest BCUT2D eigenvalue weighted by molar-refractivity contribution is -0.152. The van der Waals surface area contributed by atoms with E-state index in [0.717, 1.165) is 32.1 Å². The number of hydrogen-bond donors (Lipinski definition) is 3. The number of nitrogens with one attached hydrogen (secondary N) is 1. The van der Waals surface area contributed by atoms with E-state index in [1.54, 1.807) is 23.8 Å². The largest absolute Gasteiger partial charge is 0.481 e. The van der Waals surface area contributed by atoms with Crippen molar-refractivity contribution >= 4 is 29.6 Å². The second kappa shape index (κ2) is 16.4. The fraction of sp³-hybridized carbons (Fsp3) is 0.848. The summed E-state index contributed by atoms with van der Waals surface area (Å²) < 4.78 is 11.5. The van der Waals surface area contributed by atoms with E-state index in [-0.39, 0.29) is 60.5 Å². The molecule has 0 aromatic rings. The molecule has 1 aliphatic carbocycles. The number of carboxylic acids is 1. The van der Waals surface area contributed by atoms with Gasteiger partial charge in [-0.3, -0.25) is 28.9 Å². The zero-order valence-corrected chi connectivity index (χ0v) is 28.9. The number of ether oxygens (including phenoxy) is 2. The van der Waals surface area contributed by atoms with Crippen molar-refractivity contribution in [3.05, 3.63) is 0 Å². The molecule has 1 saturated carbocycles. The molecular weight excluding hydrogens is 594 g/mol. The predicted octanol–water partition coefficient (Wildman–Crippen LogP) is 1.47. The van der Waals surface area contributed by atoms with Crippen molar-refractivity contribution in [2.75, 3.05) is 34.4 Å². The van der Waals surface area contributed by atoms with Gasteiger partial charge in [-0.25, -0.2) is 0 Å². The molecule has 2 saturated heterocycles. The van der Waals surface area contributed by atoms with E-state index in [2.05, 4.69) is 5.32 Å². The van der Waals surface area contributed by atoms with Crippen molar-refractivity contribution in [1.82, 2.24) is 20.0 Å². The molecule has 262 valence electrons. The number of carboxylic acid groups (broad SMARTS) is 1. The van der Waals surface area contributed by atoms with Crippen LogP contribution < -0.4 is 11.1 Å². The minimum atomic E-state index is -0.981. The quantitative estimate of drug-likeness (QED) is 0.211. The van der Waals surface area contributed by atoms with Crippen LogP contribution in [0.3, 0.4) is 0 Å². The lowest BCUT2D eigenvalue weighted by Crippen LogP contribution is -2.60. The number of nitrogens with two attached hydrogens (primary N) is 1. The molecule has 2 unspecified atom stereocenters. The first-order valence-electron chi connectivity index (χ1n) is 16.9. The van der Waals surface area contributed by atoms with Crippen LogP contribution in [0.2, 0.25) is 0 Å². The van der Waals surface area contributed by atoms with E-state index in [9.17, 15) is 29.1 Å². The molecule has 10 atom stereocenters. The highest BCUT2D eigenvalue weighted by Gasteiger charge is 2.50. The summed E-state index contributed by atoms with van der Waals surface area (Å²) in [6.45, 7) is 9.88. The number of nitrogens with zero attached hydrogens (tertiary/aromatic N) is 3. The number of amides is 4. The topological polar surface area (TPSA) is 172 Å². The first-order chi connectivity index (χ1) is 21.7. The fourth-order valence-corrected chi connectivity index (χ4v) is 8.12. The Morgan fingerprint density at radius 3 is 2.26 bits per heavy atom. The number of hydrogen-bond acceptors (Lipinski definition) is 8. The molecule has 0 aromatic carbocycles. The second-order valence-corrected chi connectivity index (χ2v) is 14.0. The Balaban J connectivity index is 1.79. The highest BCUT2D eigenvalue weighted by molar-refractivity contribution is 5.91. The molecular formula is C33H57N5O8. The molecule has 3 rings (SSSR count). The molecule has 0 radical (unpaired) electrons. The molecule has 3 aliphatic rings. The maximum atomic E-state index is 14.2. The smallest absolute Gasteiger partial charge is 0.308 e. The number of carbonyl (C=O) groups excluding carboxylic acids is 4. The summed E-state index contributed by atoms with van der Waals surface area (Å²) in [5.41, 5.74) is 5.51. The molecule has 46 heavy (non-hydrogen) atoms. The average Bonchev–Trinajstić information content (AvgIpc) is 3.76. The molecule has 2 aliphatic heterocycles. The zero-order chi connectivity index (χ0) is 34.5. The van der Waals surface area contributed by atoms with Crippen LogP contribution in [0.15, 0.2) is 0 Å². The molecule has 0 aromatic heterocycles. The Labute approximate surface area is 273 Å². The van der Waals surface area contributed by atoms with Gasteiger partial charge in [0.1, 0.15) is 6.04 Å². The maximum Gasteiger partial charge on any atom is 0.308 e.